The molecule has 3 aliphatic carbocycles. The zero-order chi connectivity index (χ0) is 24.0. The largest absolute Gasteiger partial charge is 0.504 e. The van der Waals surface area contributed by atoms with Crippen molar-refractivity contribution in [2.45, 2.75) is 51.2 Å². The maximum Gasteiger partial charge on any atom is 0.160 e. The van der Waals surface area contributed by atoms with Crippen LogP contribution in [0.3, 0.4) is 0 Å². The van der Waals surface area contributed by atoms with Crippen molar-refractivity contribution in [2.75, 3.05) is 7.11 Å². The number of nitrogens with one attached hydrogen (secondary N) is 1. The number of ether oxygens (including phenoxy) is 1. The van der Waals surface area contributed by atoms with Crippen molar-refractivity contribution >= 4 is 5.70 Å². The van der Waals surface area contributed by atoms with Gasteiger partial charge in [-0.05, 0) is 84.2 Å². The molecule has 2 aromatic carbocycles. The maximum absolute atomic E-state index is 13.5. The Hall–Kier alpha value is -3.00. The molecule has 0 heterocycles. The van der Waals surface area contributed by atoms with Crippen LogP contribution in [0, 0.1) is 33.8 Å². The monoisotopic (exact) mass is 470 g/mol. The molecule has 0 saturated heterocycles. The Morgan fingerprint density at radius 3 is 2.62 bits per heavy atom. The van der Waals surface area contributed by atoms with E-state index in [1.807, 2.05) is 6.07 Å². The molecule has 34 heavy (non-hydrogen) atoms. The zero-order valence-corrected chi connectivity index (χ0v) is 19.2. The summed E-state index contributed by atoms with van der Waals surface area (Å²) < 4.78 is 32.4. The summed E-state index contributed by atoms with van der Waals surface area (Å²) in [7, 11) is 1.52. The van der Waals surface area contributed by atoms with Crippen LogP contribution in [0.4, 0.5) is 8.78 Å². The zero-order valence-electron chi connectivity index (χ0n) is 19.2. The number of phenols is 1. The Kier molecular flexibility index (Phi) is 5.80. The van der Waals surface area contributed by atoms with Gasteiger partial charge in [-0.3, -0.25) is 10.3 Å². The number of nitroso groups, excluding NO2 is 1. The summed E-state index contributed by atoms with van der Waals surface area (Å²) in [5.41, 5.74) is 5.70. The number of rotatable bonds is 6. The lowest BCUT2D eigenvalue weighted by molar-refractivity contribution is 0.0588. The van der Waals surface area contributed by atoms with Gasteiger partial charge in [0.15, 0.2) is 11.5 Å². The lowest BCUT2D eigenvalue weighted by Gasteiger charge is -2.48. The van der Waals surface area contributed by atoms with Crippen LogP contribution in [0.1, 0.15) is 55.2 Å². The van der Waals surface area contributed by atoms with E-state index < -0.39 is 11.6 Å². The number of hydroxylamine groups is 1. The van der Waals surface area contributed by atoms with Gasteiger partial charge in [0.05, 0.1) is 25.5 Å². The lowest BCUT2D eigenvalue weighted by atomic mass is 9.56. The number of benzene rings is 2. The number of aromatic hydroxyl groups is 1. The molecule has 2 saturated carbocycles. The number of halogens is 2. The normalized spacial score (nSPS) is 29.5. The second-order valence-electron chi connectivity index (χ2n) is 9.89. The summed E-state index contributed by atoms with van der Waals surface area (Å²) in [6, 6.07) is 6.61. The fourth-order valence-corrected chi connectivity index (χ4v) is 6.49. The van der Waals surface area contributed by atoms with Crippen molar-refractivity contribution in [1.29, 1.82) is 0 Å². The molecular weight excluding hydrogens is 442 g/mol. The first-order valence-electron chi connectivity index (χ1n) is 11.6. The van der Waals surface area contributed by atoms with Gasteiger partial charge in [0.1, 0.15) is 11.6 Å². The fourth-order valence-electron chi connectivity index (χ4n) is 6.49. The molecule has 0 bridgehead atoms. The predicted octanol–water partition coefficient (Wildman–Crippen LogP) is 5.80. The van der Waals surface area contributed by atoms with Crippen LogP contribution in [0.15, 0.2) is 41.6 Å². The molecule has 0 aliphatic heterocycles. The molecule has 5 rings (SSSR count). The third-order valence-corrected chi connectivity index (χ3v) is 8.15. The SMILES string of the molecule is COc1cc2c(cc1O)C(NOCc1cc(F)cc(F)c1)=C[C@@H]1[C@@H]2CC[C@]2(C)C(N=O)CC[C@@H]12. The smallest absolute Gasteiger partial charge is 0.160 e. The van der Waals surface area contributed by atoms with Crippen LogP contribution in [0.25, 0.3) is 5.70 Å². The van der Waals surface area contributed by atoms with Crippen molar-refractivity contribution in [1.82, 2.24) is 5.48 Å². The average molecular weight is 471 g/mol. The number of hydrogen-bond acceptors (Lipinski definition) is 6. The van der Waals surface area contributed by atoms with E-state index in [1.165, 1.54) is 19.2 Å². The number of allylic oxidation sites excluding steroid dienone is 1. The summed E-state index contributed by atoms with van der Waals surface area (Å²) in [4.78, 5) is 17.2. The molecule has 0 aromatic heterocycles. The van der Waals surface area contributed by atoms with Crippen LogP contribution in [-0.2, 0) is 11.4 Å². The van der Waals surface area contributed by atoms with E-state index in [0.29, 0.717) is 17.0 Å². The summed E-state index contributed by atoms with van der Waals surface area (Å²) in [6.07, 6.45) is 5.65. The number of fused-ring (bicyclic) bond motifs is 5. The quantitative estimate of drug-likeness (QED) is 0.412. The number of nitrogens with zero attached hydrogens (tertiary/aromatic N) is 1. The number of phenolic OH excluding ortho intramolecular Hbond substituents is 1. The van der Waals surface area contributed by atoms with Crippen LogP contribution >= 0.6 is 0 Å². The standard InChI is InChI=1S/C26H28F2N2O4/c1-26-6-5-17-18-12-24(33-2)23(31)11-20(18)22(10-19(17)21(26)3-4-25(26)29-32)30-34-13-14-7-15(27)9-16(28)8-14/h7-12,17,19,21,25,30-31H,3-6,13H2,1-2H3/t17-,19-,21+,25?,26+/m1/s1. The Bertz CT molecular complexity index is 1130. The van der Waals surface area contributed by atoms with E-state index in [4.69, 9.17) is 9.57 Å². The predicted molar refractivity (Wildman–Crippen MR) is 123 cm³/mol. The lowest BCUT2D eigenvalue weighted by Crippen LogP contribution is -2.42. The number of methoxy groups -OCH3 is 1. The van der Waals surface area contributed by atoms with E-state index in [0.717, 1.165) is 42.9 Å². The molecule has 2 aromatic rings. The van der Waals surface area contributed by atoms with Crippen LogP contribution < -0.4 is 10.2 Å². The molecule has 1 unspecified atom stereocenters. The van der Waals surface area contributed by atoms with Crippen molar-refractivity contribution in [3.63, 3.8) is 0 Å². The molecule has 0 amide bonds. The summed E-state index contributed by atoms with van der Waals surface area (Å²) in [5, 5.41) is 13.9. The highest BCUT2D eigenvalue weighted by atomic mass is 19.1. The van der Waals surface area contributed by atoms with E-state index in [1.54, 1.807) is 6.07 Å². The Balaban J connectivity index is 1.47. The van der Waals surface area contributed by atoms with Crippen LogP contribution in [-0.4, -0.2) is 18.3 Å². The molecule has 0 spiro atoms. The van der Waals surface area contributed by atoms with Crippen molar-refractivity contribution in [3.05, 3.63) is 69.6 Å². The molecule has 0 radical (unpaired) electrons. The molecule has 2 fully saturated rings. The summed E-state index contributed by atoms with van der Waals surface area (Å²) in [6.45, 7) is 2.13. The van der Waals surface area contributed by atoms with Crippen LogP contribution in [0.5, 0.6) is 11.5 Å². The molecule has 6 nitrogen and oxygen atoms in total. The highest BCUT2D eigenvalue weighted by Crippen LogP contribution is 2.61. The molecule has 3 aliphatic rings. The summed E-state index contributed by atoms with van der Waals surface area (Å²) in [5.74, 6) is -0.242. The van der Waals surface area contributed by atoms with E-state index >= 15 is 0 Å². The van der Waals surface area contributed by atoms with Gasteiger partial charge >= 0.3 is 0 Å². The van der Waals surface area contributed by atoms with Crippen molar-refractivity contribution in [3.8, 4) is 11.5 Å². The second-order valence-corrected chi connectivity index (χ2v) is 9.89. The highest BCUT2D eigenvalue weighted by molar-refractivity contribution is 5.72. The first kappa shape index (κ1) is 22.8. The third kappa shape index (κ3) is 3.74. The molecule has 2 N–H and O–H groups in total. The topological polar surface area (TPSA) is 80.2 Å². The minimum absolute atomic E-state index is 0.0198. The Morgan fingerprint density at radius 2 is 1.91 bits per heavy atom. The Labute approximate surface area is 196 Å². The third-order valence-electron chi connectivity index (χ3n) is 8.15. The van der Waals surface area contributed by atoms with Gasteiger partial charge in [0, 0.05) is 11.6 Å². The Morgan fingerprint density at radius 1 is 1.15 bits per heavy atom. The highest BCUT2D eigenvalue weighted by Gasteiger charge is 2.55. The van der Waals surface area contributed by atoms with Gasteiger partial charge in [-0.1, -0.05) is 18.2 Å². The minimum Gasteiger partial charge on any atom is -0.504 e. The van der Waals surface area contributed by atoms with Gasteiger partial charge in [-0.2, -0.15) is 4.91 Å². The van der Waals surface area contributed by atoms with E-state index in [-0.39, 0.29) is 41.6 Å². The minimum atomic E-state index is -0.665. The first-order valence-corrected chi connectivity index (χ1v) is 11.6. The first-order chi connectivity index (χ1) is 16.3. The summed E-state index contributed by atoms with van der Waals surface area (Å²) >= 11 is 0. The van der Waals surface area contributed by atoms with E-state index in [2.05, 4.69) is 23.7 Å². The van der Waals surface area contributed by atoms with Crippen molar-refractivity contribution in [2.24, 2.45) is 22.4 Å². The maximum atomic E-state index is 13.5. The van der Waals surface area contributed by atoms with Gasteiger partial charge in [-0.15, -0.1) is 0 Å². The van der Waals surface area contributed by atoms with E-state index in [9.17, 15) is 18.8 Å². The second kappa shape index (κ2) is 8.65. The number of hydrogen-bond donors (Lipinski definition) is 2. The molecular formula is C26H28F2N2O4. The van der Waals surface area contributed by atoms with Crippen molar-refractivity contribution < 1.29 is 23.5 Å². The fraction of sp³-hybridized carbons (Fsp3) is 0.462. The van der Waals surface area contributed by atoms with Crippen LogP contribution in [0.2, 0.25) is 0 Å². The molecule has 8 heteroatoms. The van der Waals surface area contributed by atoms with Gasteiger partial charge < -0.3 is 9.84 Å². The van der Waals surface area contributed by atoms with Gasteiger partial charge in [0.25, 0.3) is 0 Å². The van der Waals surface area contributed by atoms with Gasteiger partial charge in [0.2, 0.25) is 0 Å². The molecule has 5 atom stereocenters. The van der Waals surface area contributed by atoms with Gasteiger partial charge in [-0.25, -0.2) is 8.78 Å². The average Bonchev–Trinajstić information content (AvgIpc) is 3.14. The molecule has 180 valence electrons.